The number of carbonyl (C=O) groups excluding carboxylic acids is 4. The van der Waals surface area contributed by atoms with Gasteiger partial charge >= 0.3 is 11.9 Å². The standard InChI is InChI=1S/C24H26BrNO7S/c1-24(2,3)34(31)19-12-17-16(6-5-7-20(28)32-4)22(29)26(17)21(19)23(30)33-13-18(27)14-8-10-15(25)11-9-14/h5,7-11,16-17H,6,12-13H2,1-4H3. The molecule has 182 valence electrons. The molecule has 2 heterocycles. The van der Waals surface area contributed by atoms with E-state index in [9.17, 15) is 23.4 Å². The number of allylic oxidation sites excluding steroid dienone is 1. The van der Waals surface area contributed by atoms with Gasteiger partial charge in [0.2, 0.25) is 5.91 Å². The van der Waals surface area contributed by atoms with E-state index < -0.39 is 45.8 Å². The van der Waals surface area contributed by atoms with Crippen LogP contribution in [0.4, 0.5) is 0 Å². The molecular formula is C24H26BrNO7S. The average molecular weight is 552 g/mol. The Labute approximate surface area is 208 Å². The van der Waals surface area contributed by atoms with E-state index >= 15 is 0 Å². The highest BCUT2D eigenvalue weighted by Crippen LogP contribution is 2.46. The molecule has 2 aliphatic rings. The number of ether oxygens (including phenoxy) is 2. The van der Waals surface area contributed by atoms with Crippen molar-refractivity contribution in [1.82, 2.24) is 4.90 Å². The summed E-state index contributed by atoms with van der Waals surface area (Å²) in [4.78, 5) is 51.3. The molecule has 0 saturated carbocycles. The van der Waals surface area contributed by atoms with Crippen molar-refractivity contribution in [1.29, 1.82) is 0 Å². The van der Waals surface area contributed by atoms with Crippen molar-refractivity contribution in [2.24, 2.45) is 5.92 Å². The monoisotopic (exact) mass is 551 g/mol. The van der Waals surface area contributed by atoms with Crippen molar-refractivity contribution in [2.75, 3.05) is 13.7 Å². The van der Waals surface area contributed by atoms with Gasteiger partial charge in [-0.3, -0.25) is 13.8 Å². The van der Waals surface area contributed by atoms with Crippen LogP contribution < -0.4 is 0 Å². The summed E-state index contributed by atoms with van der Waals surface area (Å²) in [6.45, 7) is 4.84. The Hall–Kier alpha value is -2.59. The van der Waals surface area contributed by atoms with Crippen molar-refractivity contribution in [3.63, 3.8) is 0 Å². The van der Waals surface area contributed by atoms with Gasteiger partial charge in [0.25, 0.3) is 0 Å². The van der Waals surface area contributed by atoms with Gasteiger partial charge in [-0.25, -0.2) is 9.59 Å². The Balaban J connectivity index is 1.78. The highest BCUT2D eigenvalue weighted by molar-refractivity contribution is 9.10. The number of hydrogen-bond donors (Lipinski definition) is 0. The Kier molecular flexibility index (Phi) is 7.92. The SMILES string of the molecule is COC(=O)C=CCC1C(=O)N2C(C(=O)OCC(=O)c3ccc(Br)cc3)=C(S(=O)C(C)(C)C)CC12. The minimum Gasteiger partial charge on any atom is -0.466 e. The Bertz CT molecular complexity index is 1100. The largest absolute Gasteiger partial charge is 0.466 e. The minimum atomic E-state index is -1.56. The average Bonchev–Trinajstić information content (AvgIpc) is 3.15. The fourth-order valence-corrected chi connectivity index (χ4v) is 5.52. The molecule has 1 amide bonds. The van der Waals surface area contributed by atoms with E-state index in [-0.39, 0.29) is 30.5 Å². The maximum atomic E-state index is 13.2. The van der Waals surface area contributed by atoms with Gasteiger partial charge in [-0.2, -0.15) is 0 Å². The molecule has 8 nitrogen and oxygen atoms in total. The van der Waals surface area contributed by atoms with Gasteiger partial charge in [0.05, 0.1) is 34.8 Å². The maximum Gasteiger partial charge on any atom is 0.356 e. The normalized spacial score (nSPS) is 20.7. The molecule has 0 aliphatic carbocycles. The first-order valence-corrected chi connectivity index (χ1v) is 12.6. The number of fused-ring (bicyclic) bond motifs is 1. The number of amides is 1. The predicted octanol–water partition coefficient (Wildman–Crippen LogP) is 3.28. The van der Waals surface area contributed by atoms with Crippen molar-refractivity contribution < 1.29 is 32.9 Å². The van der Waals surface area contributed by atoms with Crippen LogP contribution >= 0.6 is 15.9 Å². The number of nitrogens with zero attached hydrogens (tertiary/aromatic N) is 1. The molecule has 0 spiro atoms. The molecule has 1 saturated heterocycles. The molecule has 1 fully saturated rings. The van der Waals surface area contributed by atoms with Crippen LogP contribution in [0.3, 0.4) is 0 Å². The molecule has 0 N–H and O–H groups in total. The number of benzene rings is 1. The molecule has 2 aliphatic heterocycles. The summed E-state index contributed by atoms with van der Waals surface area (Å²) in [5.74, 6) is -2.54. The molecule has 10 heteroatoms. The van der Waals surface area contributed by atoms with E-state index in [1.54, 1.807) is 51.1 Å². The Morgan fingerprint density at radius 1 is 1.21 bits per heavy atom. The summed E-state index contributed by atoms with van der Waals surface area (Å²) in [7, 11) is -0.298. The molecule has 3 rings (SSSR count). The number of esters is 2. The first-order valence-electron chi connectivity index (χ1n) is 10.6. The lowest BCUT2D eigenvalue weighted by Gasteiger charge is -2.43. The van der Waals surface area contributed by atoms with Crippen molar-refractivity contribution in [3.8, 4) is 0 Å². The summed E-state index contributed by atoms with van der Waals surface area (Å²) in [5, 5.41) is 0. The van der Waals surface area contributed by atoms with Gasteiger partial charge in [-0.1, -0.05) is 34.1 Å². The number of methoxy groups -OCH3 is 1. The van der Waals surface area contributed by atoms with E-state index in [2.05, 4.69) is 20.7 Å². The van der Waals surface area contributed by atoms with Crippen LogP contribution in [-0.4, -0.2) is 57.2 Å². The quantitative estimate of drug-likeness (QED) is 0.211. The van der Waals surface area contributed by atoms with Gasteiger partial charge in [-0.05, 0) is 39.3 Å². The summed E-state index contributed by atoms with van der Waals surface area (Å²) >= 11 is 3.30. The third kappa shape index (κ3) is 5.38. The number of hydrogen-bond acceptors (Lipinski definition) is 7. The third-order valence-corrected chi connectivity index (χ3v) is 8.02. The minimum absolute atomic E-state index is 0.0416. The topological polar surface area (TPSA) is 107 Å². The lowest BCUT2D eigenvalue weighted by atomic mass is 9.84. The zero-order chi connectivity index (χ0) is 25.2. The molecule has 34 heavy (non-hydrogen) atoms. The predicted molar refractivity (Wildman–Crippen MR) is 129 cm³/mol. The molecule has 0 aromatic heterocycles. The van der Waals surface area contributed by atoms with Crippen LogP contribution in [0.2, 0.25) is 0 Å². The van der Waals surface area contributed by atoms with Crippen LogP contribution in [0.15, 0.2) is 51.5 Å². The highest BCUT2D eigenvalue weighted by Gasteiger charge is 2.56. The second-order valence-corrected chi connectivity index (χ2v) is 12.1. The number of Topliss-reactive ketones (excluding diaryl/α,β-unsaturated/α-hetero) is 1. The number of carbonyl (C=O) groups is 4. The Morgan fingerprint density at radius 2 is 1.85 bits per heavy atom. The molecule has 3 unspecified atom stereocenters. The first-order chi connectivity index (χ1) is 16.0. The summed E-state index contributed by atoms with van der Waals surface area (Å²) in [5.41, 5.74) is 0.338. The zero-order valence-corrected chi connectivity index (χ0v) is 21.7. The highest BCUT2D eigenvalue weighted by atomic mass is 79.9. The number of β-lactam (4-membered cyclic amide) rings is 1. The smallest absolute Gasteiger partial charge is 0.356 e. The van der Waals surface area contributed by atoms with Crippen LogP contribution in [0.1, 0.15) is 44.0 Å². The lowest BCUT2D eigenvalue weighted by Crippen LogP contribution is -2.58. The maximum absolute atomic E-state index is 13.2. The third-order valence-electron chi connectivity index (χ3n) is 5.57. The zero-order valence-electron chi connectivity index (χ0n) is 19.3. The lowest BCUT2D eigenvalue weighted by molar-refractivity contribution is -0.156. The van der Waals surface area contributed by atoms with Crippen molar-refractivity contribution >= 4 is 50.4 Å². The first kappa shape index (κ1) is 26.0. The van der Waals surface area contributed by atoms with Gasteiger partial charge < -0.3 is 14.4 Å². The van der Waals surface area contributed by atoms with E-state index in [4.69, 9.17) is 4.74 Å². The molecule has 1 aromatic carbocycles. The summed E-state index contributed by atoms with van der Waals surface area (Å²) in [6, 6.07) is 6.27. The van der Waals surface area contributed by atoms with Gasteiger partial charge in [-0.15, -0.1) is 0 Å². The number of halogens is 1. The van der Waals surface area contributed by atoms with Gasteiger partial charge in [0.1, 0.15) is 5.70 Å². The fourth-order valence-electron chi connectivity index (χ4n) is 3.84. The molecule has 3 atom stereocenters. The van der Waals surface area contributed by atoms with Crippen LogP contribution in [0.5, 0.6) is 0 Å². The molecule has 1 aromatic rings. The summed E-state index contributed by atoms with van der Waals surface area (Å²) < 4.78 is 23.2. The van der Waals surface area contributed by atoms with Crippen molar-refractivity contribution in [2.45, 2.75) is 44.4 Å². The van der Waals surface area contributed by atoms with E-state index in [0.29, 0.717) is 10.5 Å². The number of rotatable bonds is 8. The van der Waals surface area contributed by atoms with E-state index in [1.807, 2.05) is 0 Å². The van der Waals surface area contributed by atoms with Crippen LogP contribution in [0, 0.1) is 5.92 Å². The molecule has 0 radical (unpaired) electrons. The second-order valence-electron chi connectivity index (χ2n) is 8.91. The van der Waals surface area contributed by atoms with Crippen molar-refractivity contribution in [3.05, 3.63) is 57.1 Å². The molecule has 0 bridgehead atoms. The van der Waals surface area contributed by atoms with Gasteiger partial charge in [0, 0.05) is 27.3 Å². The van der Waals surface area contributed by atoms with E-state index in [1.165, 1.54) is 18.1 Å². The molecular weight excluding hydrogens is 526 g/mol. The Morgan fingerprint density at radius 3 is 2.44 bits per heavy atom. The van der Waals surface area contributed by atoms with Crippen LogP contribution in [0.25, 0.3) is 0 Å². The number of ketones is 1. The summed E-state index contributed by atoms with van der Waals surface area (Å²) in [6.07, 6.45) is 3.35. The van der Waals surface area contributed by atoms with Gasteiger partial charge in [0.15, 0.2) is 12.4 Å². The van der Waals surface area contributed by atoms with Crippen LogP contribution in [-0.2, 0) is 34.7 Å². The second kappa shape index (κ2) is 10.4. The van der Waals surface area contributed by atoms with E-state index in [0.717, 1.165) is 4.47 Å². The fraction of sp³-hybridized carbons (Fsp3) is 0.417.